The molecule has 0 unspecified atom stereocenters. The van der Waals surface area contributed by atoms with Gasteiger partial charge in [0.25, 0.3) is 0 Å². The third-order valence-electron chi connectivity index (χ3n) is 4.88. The van der Waals surface area contributed by atoms with E-state index in [1.807, 2.05) is 24.3 Å². The Morgan fingerprint density at radius 3 is 2.81 bits per heavy atom. The Bertz CT molecular complexity index is 1070. The van der Waals surface area contributed by atoms with Gasteiger partial charge in [0.2, 0.25) is 5.95 Å². The third-order valence-corrected chi connectivity index (χ3v) is 4.88. The van der Waals surface area contributed by atoms with Crippen molar-refractivity contribution in [2.75, 3.05) is 17.2 Å². The van der Waals surface area contributed by atoms with Crippen LogP contribution in [0.4, 0.5) is 17.5 Å². The summed E-state index contributed by atoms with van der Waals surface area (Å²) < 4.78 is 0. The van der Waals surface area contributed by atoms with E-state index >= 15 is 0 Å². The highest BCUT2D eigenvalue weighted by atomic mass is 15.1. The van der Waals surface area contributed by atoms with Crippen molar-refractivity contribution in [1.29, 1.82) is 0 Å². The summed E-state index contributed by atoms with van der Waals surface area (Å²) in [5.74, 6) is 1.42. The predicted molar refractivity (Wildman–Crippen MR) is 112 cm³/mol. The third kappa shape index (κ3) is 3.77. The van der Waals surface area contributed by atoms with Gasteiger partial charge < -0.3 is 15.6 Å². The van der Waals surface area contributed by atoms with Gasteiger partial charge in [-0.25, -0.2) is 4.98 Å². The lowest BCUT2D eigenvalue weighted by molar-refractivity contribution is 1.01. The standard InChI is InChI=1S/C22H23N5/c1-15-6-5-9-19(16(15)2)26-22-24-13-11-21(27-22)23-12-10-17-14-25-20-8-4-3-7-18(17)20/h3-9,11,13-14,25H,10,12H2,1-2H3,(H2,23,24,26,27). The largest absolute Gasteiger partial charge is 0.370 e. The molecule has 27 heavy (non-hydrogen) atoms. The summed E-state index contributed by atoms with van der Waals surface area (Å²) in [5, 5.41) is 7.99. The van der Waals surface area contributed by atoms with Crippen LogP contribution < -0.4 is 10.6 Å². The lowest BCUT2D eigenvalue weighted by Crippen LogP contribution is -2.08. The van der Waals surface area contributed by atoms with E-state index in [9.17, 15) is 0 Å². The number of nitrogens with zero attached hydrogens (tertiary/aromatic N) is 2. The molecule has 0 aliphatic heterocycles. The smallest absolute Gasteiger partial charge is 0.229 e. The number of para-hydroxylation sites is 1. The molecule has 0 saturated carbocycles. The van der Waals surface area contributed by atoms with E-state index in [1.165, 1.54) is 27.6 Å². The molecule has 0 aliphatic rings. The number of aromatic amines is 1. The molecule has 2 aromatic heterocycles. The fourth-order valence-corrected chi connectivity index (χ4v) is 3.19. The van der Waals surface area contributed by atoms with Crippen LogP contribution in [0, 0.1) is 13.8 Å². The highest BCUT2D eigenvalue weighted by Gasteiger charge is 2.05. The SMILES string of the molecule is Cc1cccc(Nc2nccc(NCCc3c[nH]c4ccccc34)n2)c1C. The maximum absolute atomic E-state index is 4.58. The Labute approximate surface area is 158 Å². The Morgan fingerprint density at radius 2 is 1.89 bits per heavy atom. The van der Waals surface area contributed by atoms with Crippen LogP contribution in [0.5, 0.6) is 0 Å². The van der Waals surface area contributed by atoms with Crippen LogP contribution in [-0.2, 0) is 6.42 Å². The number of nitrogens with one attached hydrogen (secondary N) is 3. The van der Waals surface area contributed by atoms with Gasteiger partial charge in [-0.1, -0.05) is 30.3 Å². The number of H-pyrrole nitrogens is 1. The van der Waals surface area contributed by atoms with Crippen LogP contribution in [0.15, 0.2) is 60.9 Å². The zero-order valence-corrected chi connectivity index (χ0v) is 15.6. The first-order valence-electron chi connectivity index (χ1n) is 9.16. The minimum atomic E-state index is 0.598. The van der Waals surface area contributed by atoms with Gasteiger partial charge in [0.05, 0.1) is 0 Å². The number of rotatable bonds is 6. The summed E-state index contributed by atoms with van der Waals surface area (Å²) in [6, 6.07) is 16.4. The van der Waals surface area contributed by atoms with Crippen molar-refractivity contribution in [3.05, 3.63) is 77.6 Å². The van der Waals surface area contributed by atoms with Crippen molar-refractivity contribution in [3.8, 4) is 0 Å². The Morgan fingerprint density at radius 1 is 1.00 bits per heavy atom. The normalized spacial score (nSPS) is 10.9. The highest BCUT2D eigenvalue weighted by Crippen LogP contribution is 2.21. The van der Waals surface area contributed by atoms with Crippen LogP contribution in [0.1, 0.15) is 16.7 Å². The van der Waals surface area contributed by atoms with Crippen molar-refractivity contribution in [2.24, 2.45) is 0 Å². The zero-order chi connectivity index (χ0) is 18.6. The van der Waals surface area contributed by atoms with Crippen molar-refractivity contribution in [3.63, 3.8) is 0 Å². The summed E-state index contributed by atoms with van der Waals surface area (Å²) in [6.45, 7) is 5.01. The highest BCUT2D eigenvalue weighted by molar-refractivity contribution is 5.83. The summed E-state index contributed by atoms with van der Waals surface area (Å²) in [6.07, 6.45) is 4.78. The average molecular weight is 357 g/mol. The lowest BCUT2D eigenvalue weighted by Gasteiger charge is -2.11. The van der Waals surface area contributed by atoms with Gasteiger partial charge in [0, 0.05) is 35.5 Å². The summed E-state index contributed by atoms with van der Waals surface area (Å²) in [5.41, 5.74) is 5.97. The molecule has 5 heteroatoms. The van der Waals surface area contributed by atoms with E-state index in [0.29, 0.717) is 5.95 Å². The van der Waals surface area contributed by atoms with Gasteiger partial charge in [0.15, 0.2) is 0 Å². The molecule has 5 nitrogen and oxygen atoms in total. The van der Waals surface area contributed by atoms with E-state index in [0.717, 1.165) is 24.5 Å². The minimum absolute atomic E-state index is 0.598. The van der Waals surface area contributed by atoms with Crippen LogP contribution in [0.25, 0.3) is 10.9 Å². The number of hydrogen-bond donors (Lipinski definition) is 3. The summed E-state index contributed by atoms with van der Waals surface area (Å²) in [7, 11) is 0. The van der Waals surface area contributed by atoms with Crippen molar-refractivity contribution in [1.82, 2.24) is 15.0 Å². The summed E-state index contributed by atoms with van der Waals surface area (Å²) >= 11 is 0. The van der Waals surface area contributed by atoms with Crippen LogP contribution in [0.3, 0.4) is 0 Å². The molecule has 0 fully saturated rings. The van der Waals surface area contributed by atoms with E-state index in [-0.39, 0.29) is 0 Å². The van der Waals surface area contributed by atoms with Gasteiger partial charge >= 0.3 is 0 Å². The van der Waals surface area contributed by atoms with Gasteiger partial charge in [-0.15, -0.1) is 0 Å². The van der Waals surface area contributed by atoms with E-state index in [4.69, 9.17) is 0 Å². The number of aryl methyl sites for hydroxylation is 1. The molecule has 2 aromatic carbocycles. The van der Waals surface area contributed by atoms with Crippen molar-refractivity contribution >= 4 is 28.4 Å². The fourth-order valence-electron chi connectivity index (χ4n) is 3.19. The Balaban J connectivity index is 1.41. The number of fused-ring (bicyclic) bond motifs is 1. The van der Waals surface area contributed by atoms with Crippen LogP contribution in [0.2, 0.25) is 0 Å². The molecule has 0 radical (unpaired) electrons. The molecule has 4 rings (SSSR count). The number of anilines is 3. The van der Waals surface area contributed by atoms with Crippen molar-refractivity contribution in [2.45, 2.75) is 20.3 Å². The van der Waals surface area contributed by atoms with E-state index in [1.54, 1.807) is 6.20 Å². The number of aromatic nitrogens is 3. The van der Waals surface area contributed by atoms with Gasteiger partial charge in [-0.05, 0) is 55.2 Å². The number of benzene rings is 2. The lowest BCUT2D eigenvalue weighted by atomic mass is 10.1. The van der Waals surface area contributed by atoms with Crippen molar-refractivity contribution < 1.29 is 0 Å². The first kappa shape index (κ1) is 17.1. The van der Waals surface area contributed by atoms with Gasteiger partial charge in [-0.2, -0.15) is 4.98 Å². The van der Waals surface area contributed by atoms with Gasteiger partial charge in [0.1, 0.15) is 5.82 Å². The topological polar surface area (TPSA) is 65.6 Å². The minimum Gasteiger partial charge on any atom is -0.370 e. The molecular weight excluding hydrogens is 334 g/mol. The molecule has 0 bridgehead atoms. The van der Waals surface area contributed by atoms with Gasteiger partial charge in [-0.3, -0.25) is 0 Å². The first-order chi connectivity index (χ1) is 13.2. The monoisotopic (exact) mass is 357 g/mol. The molecule has 0 saturated heterocycles. The van der Waals surface area contributed by atoms with Crippen LogP contribution in [-0.4, -0.2) is 21.5 Å². The maximum Gasteiger partial charge on any atom is 0.229 e. The summed E-state index contributed by atoms with van der Waals surface area (Å²) in [4.78, 5) is 12.2. The number of hydrogen-bond acceptors (Lipinski definition) is 4. The maximum atomic E-state index is 4.58. The zero-order valence-electron chi connectivity index (χ0n) is 15.6. The van der Waals surface area contributed by atoms with E-state index < -0.39 is 0 Å². The second kappa shape index (κ2) is 7.50. The molecule has 136 valence electrons. The molecule has 4 aromatic rings. The predicted octanol–water partition coefficient (Wildman–Crippen LogP) is 4.97. The molecule has 0 amide bonds. The molecule has 3 N–H and O–H groups in total. The molecular formula is C22H23N5. The van der Waals surface area contributed by atoms with Crippen LogP contribution >= 0.6 is 0 Å². The Kier molecular flexibility index (Phi) is 4.75. The fraction of sp³-hybridized carbons (Fsp3) is 0.182. The molecule has 0 spiro atoms. The Hall–Kier alpha value is -3.34. The second-order valence-electron chi connectivity index (χ2n) is 6.67. The quantitative estimate of drug-likeness (QED) is 0.456. The molecule has 2 heterocycles. The average Bonchev–Trinajstić information content (AvgIpc) is 3.09. The second-order valence-corrected chi connectivity index (χ2v) is 6.67. The first-order valence-corrected chi connectivity index (χ1v) is 9.16. The van der Waals surface area contributed by atoms with E-state index in [2.05, 4.69) is 69.9 Å². The molecule has 0 atom stereocenters. The molecule has 0 aliphatic carbocycles.